The van der Waals surface area contributed by atoms with Crippen molar-refractivity contribution in [3.05, 3.63) is 39.8 Å². The van der Waals surface area contributed by atoms with Gasteiger partial charge in [-0.25, -0.2) is 4.79 Å². The van der Waals surface area contributed by atoms with Crippen LogP contribution in [0.4, 0.5) is 10.5 Å². The van der Waals surface area contributed by atoms with Crippen LogP contribution in [0.25, 0.3) is 10.4 Å². The van der Waals surface area contributed by atoms with Crippen molar-refractivity contribution >= 4 is 35.4 Å². The molecule has 2 aliphatic heterocycles. The Hall–Kier alpha value is -4.24. The second-order valence-electron chi connectivity index (χ2n) is 11.0. The van der Waals surface area contributed by atoms with Crippen molar-refractivity contribution in [2.75, 3.05) is 64.6 Å². The third kappa shape index (κ3) is 10.5. The topological polar surface area (TPSA) is 202 Å². The average Bonchev–Trinajstić information content (AvgIpc) is 3.29. The highest BCUT2D eigenvalue weighted by molar-refractivity contribution is 6.06. The first-order valence-electron chi connectivity index (χ1n) is 14.3. The van der Waals surface area contributed by atoms with Crippen LogP contribution >= 0.6 is 0 Å². The molecule has 1 saturated heterocycles. The van der Waals surface area contributed by atoms with E-state index in [1.165, 1.54) is 9.80 Å². The maximum Gasteiger partial charge on any atom is 0.410 e. The number of carbonyl (C=O) groups is 5. The number of rotatable bonds is 16. The fourth-order valence-corrected chi connectivity index (χ4v) is 4.50. The zero-order chi connectivity index (χ0) is 32.1. The third-order valence-corrected chi connectivity index (χ3v) is 6.52. The Morgan fingerprint density at radius 2 is 1.80 bits per heavy atom. The molecule has 2 aliphatic rings. The predicted molar refractivity (Wildman–Crippen MR) is 155 cm³/mol. The van der Waals surface area contributed by atoms with Gasteiger partial charge in [-0.1, -0.05) is 11.2 Å². The van der Waals surface area contributed by atoms with E-state index in [0.29, 0.717) is 16.8 Å². The van der Waals surface area contributed by atoms with Gasteiger partial charge >= 0.3 is 6.09 Å². The standard InChI is InChI=1S/C28H39N7O9/c1-28(2,3)44-27(40)34(10-9-30-33-29)11-12-41-13-14-42-15-16-43-18-24(37)31-21-6-4-5-19-20(21)17-35(26(19)39)22-7-8-23(36)32-25(22)38/h4-6,22H,7-18H2,1-3H3,(H,31,37)(H,32,36,38). The Bertz CT molecular complexity index is 1260. The summed E-state index contributed by atoms with van der Waals surface area (Å²) in [6, 6.07) is 4.22. The number of benzene rings is 1. The van der Waals surface area contributed by atoms with Crippen LogP contribution in [-0.2, 0) is 39.9 Å². The molecule has 0 radical (unpaired) electrons. The number of piperidine rings is 1. The normalized spacial score (nSPS) is 16.2. The predicted octanol–water partition coefficient (Wildman–Crippen LogP) is 1.98. The molecule has 240 valence electrons. The molecule has 1 unspecified atom stereocenters. The van der Waals surface area contributed by atoms with Crippen molar-refractivity contribution in [2.45, 2.75) is 51.8 Å². The van der Waals surface area contributed by atoms with Crippen LogP contribution in [0.3, 0.4) is 0 Å². The Labute approximate surface area is 254 Å². The Morgan fingerprint density at radius 3 is 2.48 bits per heavy atom. The number of anilines is 1. The molecular formula is C28H39N7O9. The van der Waals surface area contributed by atoms with E-state index in [1.807, 2.05) is 0 Å². The number of hydrogen-bond acceptors (Lipinski definition) is 10. The number of ether oxygens (including phenoxy) is 4. The minimum atomic E-state index is -0.743. The molecule has 1 fully saturated rings. The van der Waals surface area contributed by atoms with Crippen LogP contribution in [0.15, 0.2) is 23.3 Å². The van der Waals surface area contributed by atoms with Crippen LogP contribution in [0.1, 0.15) is 49.5 Å². The van der Waals surface area contributed by atoms with Crippen molar-refractivity contribution in [3.63, 3.8) is 0 Å². The quantitative estimate of drug-likeness (QED) is 0.0914. The summed E-state index contributed by atoms with van der Waals surface area (Å²) in [5.74, 6) is -1.60. The summed E-state index contributed by atoms with van der Waals surface area (Å²) in [5, 5.41) is 8.48. The van der Waals surface area contributed by atoms with Gasteiger partial charge < -0.3 is 34.1 Å². The highest BCUT2D eigenvalue weighted by atomic mass is 16.6. The SMILES string of the molecule is CC(C)(C)OC(=O)N(CCN=[N+]=[N-])CCOCCOCCOCC(=O)Nc1cccc2c1CN(C1CCC(=O)NC1=O)C2=O. The Kier molecular flexibility index (Phi) is 12.9. The molecule has 0 saturated carbocycles. The number of hydrogen-bond donors (Lipinski definition) is 2. The summed E-state index contributed by atoms with van der Waals surface area (Å²) in [5.41, 5.74) is 9.26. The minimum absolute atomic E-state index is 0.118. The number of amides is 5. The average molecular weight is 618 g/mol. The third-order valence-electron chi connectivity index (χ3n) is 6.52. The van der Waals surface area contributed by atoms with Crippen molar-refractivity contribution in [3.8, 4) is 0 Å². The Morgan fingerprint density at radius 1 is 1.09 bits per heavy atom. The Balaban J connectivity index is 1.31. The van der Waals surface area contributed by atoms with E-state index in [2.05, 4.69) is 20.7 Å². The molecule has 44 heavy (non-hydrogen) atoms. The molecule has 5 amide bonds. The summed E-state index contributed by atoms with van der Waals surface area (Å²) in [6.45, 7) is 6.93. The first kappa shape index (κ1) is 34.3. The lowest BCUT2D eigenvalue weighted by Crippen LogP contribution is -2.52. The molecule has 0 bridgehead atoms. The number of imide groups is 1. The summed E-state index contributed by atoms with van der Waals surface area (Å²) < 4.78 is 21.7. The molecule has 1 atom stereocenters. The molecule has 2 heterocycles. The number of nitrogens with one attached hydrogen (secondary N) is 2. The van der Waals surface area contributed by atoms with Crippen LogP contribution in [0.5, 0.6) is 0 Å². The van der Waals surface area contributed by atoms with Gasteiger partial charge in [-0.15, -0.1) is 0 Å². The summed E-state index contributed by atoms with van der Waals surface area (Å²) in [7, 11) is 0. The molecule has 16 nitrogen and oxygen atoms in total. The van der Waals surface area contributed by atoms with Crippen molar-refractivity contribution in [1.29, 1.82) is 0 Å². The van der Waals surface area contributed by atoms with Gasteiger partial charge in [0.2, 0.25) is 17.7 Å². The second-order valence-corrected chi connectivity index (χ2v) is 11.0. The second kappa shape index (κ2) is 16.6. The van der Waals surface area contributed by atoms with Gasteiger partial charge in [-0.05, 0) is 44.9 Å². The molecule has 0 spiro atoms. The summed E-state index contributed by atoms with van der Waals surface area (Å²) in [6.07, 6.45) is -0.114. The summed E-state index contributed by atoms with van der Waals surface area (Å²) >= 11 is 0. The van der Waals surface area contributed by atoms with E-state index in [0.717, 1.165) is 0 Å². The highest BCUT2D eigenvalue weighted by Gasteiger charge is 2.40. The van der Waals surface area contributed by atoms with Crippen molar-refractivity contribution < 1.29 is 42.9 Å². The lowest BCUT2D eigenvalue weighted by Gasteiger charge is -2.29. The molecule has 3 rings (SSSR count). The van der Waals surface area contributed by atoms with Crippen molar-refractivity contribution in [1.82, 2.24) is 15.1 Å². The first-order valence-corrected chi connectivity index (χ1v) is 14.3. The van der Waals surface area contributed by atoms with Crippen molar-refractivity contribution in [2.24, 2.45) is 5.11 Å². The number of carbonyl (C=O) groups excluding carboxylic acids is 5. The molecule has 16 heteroatoms. The van der Waals surface area contributed by atoms with Gasteiger partial charge in [0.25, 0.3) is 5.91 Å². The van der Waals surface area contributed by atoms with Crippen LogP contribution < -0.4 is 10.6 Å². The van der Waals surface area contributed by atoms with E-state index in [1.54, 1.807) is 39.0 Å². The van der Waals surface area contributed by atoms with E-state index < -0.39 is 29.6 Å². The molecule has 0 aromatic heterocycles. The number of fused-ring (bicyclic) bond motifs is 1. The van der Waals surface area contributed by atoms with Crippen LogP contribution in [-0.4, -0.2) is 110 Å². The number of azide groups is 1. The fourth-order valence-electron chi connectivity index (χ4n) is 4.50. The number of nitrogens with zero attached hydrogens (tertiary/aromatic N) is 5. The zero-order valence-corrected chi connectivity index (χ0v) is 25.2. The lowest BCUT2D eigenvalue weighted by atomic mass is 10.0. The van der Waals surface area contributed by atoms with Crippen LogP contribution in [0.2, 0.25) is 0 Å². The van der Waals surface area contributed by atoms with E-state index in [-0.39, 0.29) is 90.5 Å². The van der Waals surface area contributed by atoms with Gasteiger partial charge in [0.05, 0.1) is 33.0 Å². The highest BCUT2D eigenvalue weighted by Crippen LogP contribution is 2.32. The van der Waals surface area contributed by atoms with Gasteiger partial charge in [0.15, 0.2) is 0 Å². The molecule has 1 aromatic carbocycles. The maximum atomic E-state index is 12.9. The summed E-state index contributed by atoms with van der Waals surface area (Å²) in [4.78, 5) is 67.0. The monoisotopic (exact) mass is 617 g/mol. The van der Waals surface area contributed by atoms with Crippen LogP contribution in [0, 0.1) is 0 Å². The maximum absolute atomic E-state index is 12.9. The minimum Gasteiger partial charge on any atom is -0.444 e. The van der Waals surface area contributed by atoms with Gasteiger partial charge in [0, 0.05) is 54.3 Å². The van der Waals surface area contributed by atoms with E-state index in [9.17, 15) is 24.0 Å². The molecular weight excluding hydrogens is 578 g/mol. The zero-order valence-electron chi connectivity index (χ0n) is 25.2. The fraction of sp³-hybridized carbons (Fsp3) is 0.607. The van der Waals surface area contributed by atoms with E-state index >= 15 is 0 Å². The molecule has 1 aromatic rings. The first-order chi connectivity index (χ1) is 21.0. The smallest absolute Gasteiger partial charge is 0.410 e. The lowest BCUT2D eigenvalue weighted by molar-refractivity contribution is -0.137. The van der Waals surface area contributed by atoms with E-state index in [4.69, 9.17) is 24.5 Å². The van der Waals surface area contributed by atoms with Gasteiger partial charge in [-0.3, -0.25) is 24.5 Å². The largest absolute Gasteiger partial charge is 0.444 e. The molecule has 2 N–H and O–H groups in total. The molecule has 0 aliphatic carbocycles. The van der Waals surface area contributed by atoms with Gasteiger partial charge in [-0.2, -0.15) is 0 Å². The van der Waals surface area contributed by atoms with Gasteiger partial charge in [0.1, 0.15) is 18.2 Å².